The maximum atomic E-state index is 13.1. The summed E-state index contributed by atoms with van der Waals surface area (Å²) in [5, 5.41) is 5.76. The van der Waals surface area contributed by atoms with Gasteiger partial charge in [0.1, 0.15) is 11.5 Å². The van der Waals surface area contributed by atoms with Gasteiger partial charge in [-0.1, -0.05) is 49.0 Å². The van der Waals surface area contributed by atoms with Crippen molar-refractivity contribution in [3.05, 3.63) is 82.5 Å². The van der Waals surface area contributed by atoms with Crippen LogP contribution < -0.4 is 10.1 Å². The third-order valence-electron chi connectivity index (χ3n) is 6.07. The van der Waals surface area contributed by atoms with Crippen LogP contribution in [0, 0.1) is 0 Å². The van der Waals surface area contributed by atoms with E-state index in [-0.39, 0.29) is 18.4 Å². The Morgan fingerprint density at radius 2 is 1.89 bits per heavy atom. The molecule has 2 aromatic carbocycles. The predicted molar refractivity (Wildman–Crippen MR) is 136 cm³/mol. The number of carbonyl (C=O) groups is 2. The number of thioether (sulfide) groups is 1. The number of para-hydroxylation sites is 1. The molecule has 0 radical (unpaired) electrons. The molecule has 2 heterocycles. The van der Waals surface area contributed by atoms with E-state index in [0.29, 0.717) is 23.4 Å². The lowest BCUT2D eigenvalue weighted by Crippen LogP contribution is -2.38. The molecule has 0 bridgehead atoms. The molecule has 0 spiro atoms. The minimum absolute atomic E-state index is 0.0228. The smallest absolute Gasteiger partial charge is 0.338 e. The van der Waals surface area contributed by atoms with Crippen LogP contribution in [0.1, 0.15) is 44.2 Å². The highest BCUT2D eigenvalue weighted by Gasteiger charge is 2.41. The second kappa shape index (κ2) is 10.00. The number of fused-ring (bicyclic) bond motifs is 1. The number of hydrogen-bond donors (Lipinski definition) is 1. The summed E-state index contributed by atoms with van der Waals surface area (Å²) in [7, 11) is 1.38. The number of allylic oxidation sites excluding steroid dienone is 1. The van der Waals surface area contributed by atoms with Crippen LogP contribution in [0.4, 0.5) is 0 Å². The Balaban J connectivity index is 1.53. The molecule has 1 amide bonds. The fourth-order valence-electron chi connectivity index (χ4n) is 4.27. The fourth-order valence-corrected chi connectivity index (χ4v) is 5.21. The van der Waals surface area contributed by atoms with Crippen LogP contribution in [-0.2, 0) is 14.3 Å². The van der Waals surface area contributed by atoms with Crippen molar-refractivity contribution in [2.24, 2.45) is 4.99 Å². The minimum Gasteiger partial charge on any atom is -0.466 e. The van der Waals surface area contributed by atoms with E-state index in [9.17, 15) is 9.59 Å². The average Bonchev–Trinajstić information content (AvgIpc) is 3.61. The van der Waals surface area contributed by atoms with Crippen molar-refractivity contribution in [1.82, 2.24) is 10.2 Å². The molecular weight excluding hydrogens is 462 g/mol. The van der Waals surface area contributed by atoms with Crippen molar-refractivity contribution < 1.29 is 19.1 Å². The normalized spacial score (nSPS) is 19.0. The van der Waals surface area contributed by atoms with Gasteiger partial charge in [0, 0.05) is 11.7 Å². The van der Waals surface area contributed by atoms with E-state index in [2.05, 4.69) is 5.32 Å². The molecule has 2 aliphatic heterocycles. The molecule has 35 heavy (non-hydrogen) atoms. The first-order valence-electron chi connectivity index (χ1n) is 11.7. The molecule has 3 aliphatic rings. The Bertz CT molecular complexity index is 1230. The van der Waals surface area contributed by atoms with Gasteiger partial charge in [0.15, 0.2) is 5.17 Å². The largest absolute Gasteiger partial charge is 0.466 e. The molecule has 180 valence electrons. The van der Waals surface area contributed by atoms with Crippen molar-refractivity contribution in [2.45, 2.75) is 44.7 Å². The van der Waals surface area contributed by atoms with Crippen molar-refractivity contribution >= 4 is 28.8 Å². The number of carbonyl (C=O) groups excluding carboxylic acids is 2. The van der Waals surface area contributed by atoms with E-state index in [1.807, 2.05) is 71.8 Å². The summed E-state index contributed by atoms with van der Waals surface area (Å²) in [4.78, 5) is 32.5. The van der Waals surface area contributed by atoms with Gasteiger partial charge in [-0.3, -0.25) is 4.79 Å². The standard InChI is InChI=1S/C27H27N3O4S/c1-3-22-24(26(32)33-2)25(17-8-7-11-21(14-17)34-20-9-5-4-6-10-20)30-19(16-35-27(30)29-22)15-23(31)28-18-12-13-18/h4-11,14,16,18,25H,3,12-13,15H2,1-2H3,(H,28,31)/t25-/m0/s1. The zero-order valence-electron chi connectivity index (χ0n) is 19.7. The number of amides is 1. The first-order chi connectivity index (χ1) is 17.1. The highest BCUT2D eigenvalue weighted by molar-refractivity contribution is 8.16. The van der Waals surface area contributed by atoms with Crippen molar-refractivity contribution in [1.29, 1.82) is 0 Å². The highest BCUT2D eigenvalue weighted by atomic mass is 32.2. The van der Waals surface area contributed by atoms with E-state index >= 15 is 0 Å². The average molecular weight is 490 g/mol. The zero-order valence-corrected chi connectivity index (χ0v) is 20.5. The van der Waals surface area contributed by atoms with Crippen LogP contribution in [0.15, 0.2) is 82.0 Å². The number of methoxy groups -OCH3 is 1. The Kier molecular flexibility index (Phi) is 6.63. The van der Waals surface area contributed by atoms with Crippen LogP contribution in [0.25, 0.3) is 0 Å². The Morgan fingerprint density at radius 3 is 2.60 bits per heavy atom. The summed E-state index contributed by atoms with van der Waals surface area (Å²) in [6.45, 7) is 1.97. The Hall–Kier alpha value is -3.52. The molecule has 1 N–H and O–H groups in total. The predicted octanol–water partition coefficient (Wildman–Crippen LogP) is 5.29. The van der Waals surface area contributed by atoms with Crippen LogP contribution in [-0.4, -0.2) is 35.1 Å². The zero-order chi connectivity index (χ0) is 24.4. The number of rotatable bonds is 8. The Morgan fingerprint density at radius 1 is 1.11 bits per heavy atom. The van der Waals surface area contributed by atoms with Gasteiger partial charge < -0.3 is 19.7 Å². The number of benzene rings is 2. The highest BCUT2D eigenvalue weighted by Crippen LogP contribution is 2.46. The van der Waals surface area contributed by atoms with Gasteiger partial charge in [-0.2, -0.15) is 0 Å². The summed E-state index contributed by atoms with van der Waals surface area (Å²) >= 11 is 1.47. The molecule has 8 heteroatoms. The van der Waals surface area contributed by atoms with Gasteiger partial charge in [-0.15, -0.1) is 0 Å². The van der Waals surface area contributed by atoms with E-state index in [1.54, 1.807) is 0 Å². The van der Waals surface area contributed by atoms with Crippen LogP contribution in [0.5, 0.6) is 11.5 Å². The first-order valence-corrected chi connectivity index (χ1v) is 12.6. The maximum absolute atomic E-state index is 13.1. The summed E-state index contributed by atoms with van der Waals surface area (Å²) in [6.07, 6.45) is 2.86. The van der Waals surface area contributed by atoms with Gasteiger partial charge in [0.25, 0.3) is 0 Å². The second-order valence-corrected chi connectivity index (χ2v) is 9.44. The maximum Gasteiger partial charge on any atom is 0.338 e. The Labute approximate surface area is 208 Å². The second-order valence-electron chi connectivity index (χ2n) is 8.61. The van der Waals surface area contributed by atoms with Crippen molar-refractivity contribution in [2.75, 3.05) is 7.11 Å². The van der Waals surface area contributed by atoms with Crippen molar-refractivity contribution in [3.63, 3.8) is 0 Å². The summed E-state index contributed by atoms with van der Waals surface area (Å²) in [5.74, 6) is 0.930. The third kappa shape index (κ3) is 4.98. The molecule has 0 saturated heterocycles. The van der Waals surface area contributed by atoms with Crippen LogP contribution in [0.3, 0.4) is 0 Å². The monoisotopic (exact) mass is 489 g/mol. The van der Waals surface area contributed by atoms with Crippen LogP contribution in [0.2, 0.25) is 0 Å². The molecule has 5 rings (SSSR count). The van der Waals surface area contributed by atoms with Crippen LogP contribution >= 0.6 is 11.8 Å². The van der Waals surface area contributed by atoms with Gasteiger partial charge in [-0.25, -0.2) is 9.79 Å². The van der Waals surface area contributed by atoms with E-state index in [1.165, 1.54) is 18.9 Å². The van der Waals surface area contributed by atoms with Crippen molar-refractivity contribution in [3.8, 4) is 11.5 Å². The molecule has 1 aliphatic carbocycles. The molecule has 1 saturated carbocycles. The molecular formula is C27H27N3O4S. The number of hydrogen-bond acceptors (Lipinski definition) is 7. The molecule has 0 unspecified atom stereocenters. The summed E-state index contributed by atoms with van der Waals surface area (Å²) < 4.78 is 11.3. The first kappa shape index (κ1) is 23.2. The number of amidine groups is 1. The molecule has 1 atom stereocenters. The number of ether oxygens (including phenoxy) is 2. The molecule has 7 nitrogen and oxygen atoms in total. The van der Waals surface area contributed by atoms with Gasteiger partial charge in [0.05, 0.1) is 30.8 Å². The lowest BCUT2D eigenvalue weighted by Gasteiger charge is -2.36. The lowest BCUT2D eigenvalue weighted by molar-refractivity contribution is -0.136. The molecule has 0 aromatic heterocycles. The SMILES string of the molecule is CCC1=C(C(=O)OC)[C@H](c2cccc(Oc3ccccc3)c2)N2C(CC(=O)NC3CC3)=CSC2=N1. The lowest BCUT2D eigenvalue weighted by atomic mass is 9.92. The quantitative estimate of drug-likeness (QED) is 0.508. The number of aliphatic imine (C=N–C) groups is 1. The van der Waals surface area contributed by atoms with Gasteiger partial charge in [-0.05, 0) is 54.5 Å². The number of nitrogens with one attached hydrogen (secondary N) is 1. The summed E-state index contributed by atoms with van der Waals surface area (Å²) in [6, 6.07) is 17.0. The minimum atomic E-state index is -0.487. The van der Waals surface area contributed by atoms with E-state index in [4.69, 9.17) is 14.5 Å². The van der Waals surface area contributed by atoms with Gasteiger partial charge >= 0.3 is 5.97 Å². The fraction of sp³-hybridized carbons (Fsp3) is 0.296. The third-order valence-corrected chi connectivity index (χ3v) is 6.95. The molecule has 1 fully saturated rings. The molecule has 2 aromatic rings. The van der Waals surface area contributed by atoms with Gasteiger partial charge in [0.2, 0.25) is 5.91 Å². The van der Waals surface area contributed by atoms with E-state index in [0.717, 1.165) is 35.0 Å². The number of esters is 1. The van der Waals surface area contributed by atoms with E-state index < -0.39 is 12.0 Å². The summed E-state index contributed by atoms with van der Waals surface area (Å²) in [5.41, 5.74) is 2.83. The number of nitrogens with zero attached hydrogens (tertiary/aromatic N) is 2. The topological polar surface area (TPSA) is 80.2 Å².